The molecule has 1 saturated heterocycles. The second-order valence-electron chi connectivity index (χ2n) is 8.22. The molecular formula is C23H31ClN4O3S. The zero-order chi connectivity index (χ0) is 23.1. The molecule has 0 saturated carbocycles. The molecule has 32 heavy (non-hydrogen) atoms. The number of carbonyl (C=O) groups excluding carboxylic acids is 1. The molecule has 0 atom stereocenters. The number of carbonyl (C=O) groups is 1. The van der Waals surface area contributed by atoms with Crippen LogP contribution in [0.3, 0.4) is 0 Å². The van der Waals surface area contributed by atoms with Gasteiger partial charge in [-0.25, -0.2) is 13.1 Å². The van der Waals surface area contributed by atoms with E-state index < -0.39 is 10.0 Å². The molecule has 1 heterocycles. The normalized spacial score (nSPS) is 15.2. The molecule has 0 aromatic heterocycles. The van der Waals surface area contributed by atoms with E-state index in [4.69, 9.17) is 11.6 Å². The van der Waals surface area contributed by atoms with Crippen LogP contribution in [-0.4, -0.2) is 58.5 Å². The molecule has 7 nitrogen and oxygen atoms in total. The van der Waals surface area contributed by atoms with Crippen LogP contribution in [0.15, 0.2) is 53.4 Å². The molecule has 0 spiro atoms. The van der Waals surface area contributed by atoms with Gasteiger partial charge in [0.25, 0.3) is 0 Å². The fourth-order valence-electron chi connectivity index (χ4n) is 3.48. The Labute approximate surface area is 195 Å². The van der Waals surface area contributed by atoms with Crippen molar-refractivity contribution < 1.29 is 13.2 Å². The van der Waals surface area contributed by atoms with Crippen LogP contribution >= 0.6 is 11.6 Å². The molecule has 1 fully saturated rings. The van der Waals surface area contributed by atoms with Gasteiger partial charge in [-0.3, -0.25) is 9.69 Å². The summed E-state index contributed by atoms with van der Waals surface area (Å²) in [5, 5.41) is 3.50. The van der Waals surface area contributed by atoms with Gasteiger partial charge in [0.05, 0.1) is 4.90 Å². The van der Waals surface area contributed by atoms with Gasteiger partial charge in [0.1, 0.15) is 0 Å². The van der Waals surface area contributed by atoms with Crippen molar-refractivity contribution in [3.63, 3.8) is 0 Å². The van der Waals surface area contributed by atoms with Gasteiger partial charge < -0.3 is 10.2 Å². The number of amides is 1. The Kier molecular flexibility index (Phi) is 8.53. The molecule has 174 valence electrons. The maximum atomic E-state index is 12.5. The number of benzene rings is 2. The maximum absolute atomic E-state index is 12.5. The smallest absolute Gasteiger partial charge is 0.240 e. The summed E-state index contributed by atoms with van der Waals surface area (Å²) >= 11 is 5.96. The zero-order valence-corrected chi connectivity index (χ0v) is 20.1. The Morgan fingerprint density at radius 1 is 1.00 bits per heavy atom. The molecule has 1 amide bonds. The van der Waals surface area contributed by atoms with Gasteiger partial charge in [0.2, 0.25) is 15.9 Å². The van der Waals surface area contributed by atoms with Gasteiger partial charge in [0, 0.05) is 55.0 Å². The fraction of sp³-hybridized carbons (Fsp3) is 0.435. The molecule has 9 heteroatoms. The van der Waals surface area contributed by atoms with Crippen molar-refractivity contribution in [3.8, 4) is 0 Å². The average molecular weight is 479 g/mol. The van der Waals surface area contributed by atoms with E-state index >= 15 is 0 Å². The lowest BCUT2D eigenvalue weighted by molar-refractivity contribution is -0.118. The Bertz CT molecular complexity index is 987. The average Bonchev–Trinajstić information content (AvgIpc) is 2.78. The van der Waals surface area contributed by atoms with Crippen LogP contribution in [0, 0.1) is 5.92 Å². The number of halogens is 1. The van der Waals surface area contributed by atoms with Crippen LogP contribution in [0.5, 0.6) is 0 Å². The van der Waals surface area contributed by atoms with Crippen molar-refractivity contribution in [2.24, 2.45) is 5.92 Å². The second-order valence-corrected chi connectivity index (χ2v) is 10.4. The van der Waals surface area contributed by atoms with E-state index in [1.807, 2.05) is 24.3 Å². The summed E-state index contributed by atoms with van der Waals surface area (Å²) in [6, 6.07) is 14.1. The monoisotopic (exact) mass is 478 g/mol. The van der Waals surface area contributed by atoms with Gasteiger partial charge in [-0.05, 0) is 61.5 Å². The van der Waals surface area contributed by atoms with Gasteiger partial charge in [-0.1, -0.05) is 25.4 Å². The van der Waals surface area contributed by atoms with Crippen molar-refractivity contribution in [2.45, 2.75) is 25.2 Å². The number of sulfonamides is 1. The quantitative estimate of drug-likeness (QED) is 0.540. The molecule has 0 unspecified atom stereocenters. The Morgan fingerprint density at radius 3 is 2.22 bits per heavy atom. The molecule has 1 aliphatic heterocycles. The van der Waals surface area contributed by atoms with Gasteiger partial charge in [0.15, 0.2) is 0 Å². The van der Waals surface area contributed by atoms with E-state index in [1.165, 1.54) is 17.8 Å². The predicted octanol–water partition coefficient (Wildman–Crippen LogP) is 3.43. The highest BCUT2D eigenvalue weighted by Crippen LogP contribution is 2.19. The summed E-state index contributed by atoms with van der Waals surface area (Å²) in [6.07, 6.45) is 0.739. The lowest BCUT2D eigenvalue weighted by atomic mass is 10.2. The number of nitrogens with zero attached hydrogens (tertiary/aromatic N) is 2. The van der Waals surface area contributed by atoms with Crippen molar-refractivity contribution in [1.29, 1.82) is 0 Å². The third kappa shape index (κ3) is 6.93. The summed E-state index contributed by atoms with van der Waals surface area (Å²) in [4.78, 5) is 16.6. The predicted molar refractivity (Wildman–Crippen MR) is 130 cm³/mol. The van der Waals surface area contributed by atoms with Crippen LogP contribution in [0.2, 0.25) is 5.02 Å². The van der Waals surface area contributed by atoms with E-state index in [9.17, 15) is 13.2 Å². The minimum Gasteiger partial charge on any atom is -0.369 e. The molecule has 2 N–H and O–H groups in total. The maximum Gasteiger partial charge on any atom is 0.240 e. The molecule has 0 radical (unpaired) electrons. The minimum atomic E-state index is -3.57. The standard InChI is InChI=1S/C23H31ClN4O3S/c1-18(2)23(29)26-20-6-10-22(11-7-20)32(30,31)25-12-3-13-27-14-16-28(17-15-27)21-8-4-19(24)5-9-21/h4-11,18,25H,3,12-17H2,1-2H3,(H,26,29). The number of hydrogen-bond donors (Lipinski definition) is 2. The van der Waals surface area contributed by atoms with E-state index in [0.717, 1.165) is 44.2 Å². The number of piperazine rings is 1. The van der Waals surface area contributed by atoms with E-state index in [1.54, 1.807) is 26.0 Å². The Balaban J connectivity index is 1.39. The van der Waals surface area contributed by atoms with Gasteiger partial charge in [-0.2, -0.15) is 0 Å². The third-order valence-electron chi connectivity index (χ3n) is 5.46. The van der Waals surface area contributed by atoms with Gasteiger partial charge >= 0.3 is 0 Å². The van der Waals surface area contributed by atoms with Crippen LogP contribution in [-0.2, 0) is 14.8 Å². The van der Waals surface area contributed by atoms with Gasteiger partial charge in [-0.15, -0.1) is 0 Å². The van der Waals surface area contributed by atoms with Crippen molar-refractivity contribution in [1.82, 2.24) is 9.62 Å². The molecule has 0 aliphatic carbocycles. The molecule has 3 rings (SSSR count). The molecule has 2 aromatic rings. The zero-order valence-electron chi connectivity index (χ0n) is 18.6. The summed E-state index contributed by atoms with van der Waals surface area (Å²) in [6.45, 7) is 8.59. The molecule has 1 aliphatic rings. The van der Waals surface area contributed by atoms with Crippen LogP contribution in [0.25, 0.3) is 0 Å². The highest BCUT2D eigenvalue weighted by atomic mass is 35.5. The number of nitrogens with one attached hydrogen (secondary N) is 2. The van der Waals surface area contributed by atoms with Crippen molar-refractivity contribution in [3.05, 3.63) is 53.6 Å². The summed E-state index contributed by atoms with van der Waals surface area (Å²) in [7, 11) is -3.57. The van der Waals surface area contributed by atoms with Crippen molar-refractivity contribution >= 4 is 38.9 Å². The minimum absolute atomic E-state index is 0.104. The second kappa shape index (κ2) is 11.1. The lowest BCUT2D eigenvalue weighted by Gasteiger charge is -2.36. The fourth-order valence-corrected chi connectivity index (χ4v) is 4.68. The first-order chi connectivity index (χ1) is 15.2. The topological polar surface area (TPSA) is 81.7 Å². The number of hydrogen-bond acceptors (Lipinski definition) is 5. The highest BCUT2D eigenvalue weighted by molar-refractivity contribution is 7.89. The summed E-state index contributed by atoms with van der Waals surface area (Å²) in [5.74, 6) is -0.242. The lowest BCUT2D eigenvalue weighted by Crippen LogP contribution is -2.47. The molecule has 2 aromatic carbocycles. The summed E-state index contributed by atoms with van der Waals surface area (Å²) < 4.78 is 27.7. The first-order valence-electron chi connectivity index (χ1n) is 10.9. The third-order valence-corrected chi connectivity index (χ3v) is 7.19. The first-order valence-corrected chi connectivity index (χ1v) is 12.7. The SMILES string of the molecule is CC(C)C(=O)Nc1ccc(S(=O)(=O)NCCCN2CCN(c3ccc(Cl)cc3)CC2)cc1. The van der Waals surface area contributed by atoms with Crippen LogP contribution in [0.4, 0.5) is 11.4 Å². The van der Waals surface area contributed by atoms with Crippen molar-refractivity contribution in [2.75, 3.05) is 49.5 Å². The number of rotatable bonds is 9. The molecule has 0 bridgehead atoms. The van der Waals surface area contributed by atoms with E-state index in [0.29, 0.717) is 12.2 Å². The first kappa shape index (κ1) is 24.5. The molecular weight excluding hydrogens is 448 g/mol. The van der Waals surface area contributed by atoms with E-state index in [2.05, 4.69) is 19.8 Å². The number of anilines is 2. The Hall–Kier alpha value is -2.13. The van der Waals surface area contributed by atoms with Crippen LogP contribution < -0.4 is 14.9 Å². The van der Waals surface area contributed by atoms with Crippen LogP contribution in [0.1, 0.15) is 20.3 Å². The highest BCUT2D eigenvalue weighted by Gasteiger charge is 2.18. The van der Waals surface area contributed by atoms with E-state index in [-0.39, 0.29) is 16.7 Å². The summed E-state index contributed by atoms with van der Waals surface area (Å²) in [5.41, 5.74) is 1.76. The Morgan fingerprint density at radius 2 is 1.62 bits per heavy atom. The largest absolute Gasteiger partial charge is 0.369 e.